The van der Waals surface area contributed by atoms with Crippen LogP contribution in [0, 0.1) is 6.92 Å². The lowest BCUT2D eigenvalue weighted by molar-refractivity contribution is -0.119. The minimum Gasteiger partial charge on any atom is -0.462 e. The van der Waals surface area contributed by atoms with E-state index in [-0.39, 0.29) is 33.5 Å². The monoisotopic (exact) mass is 485 g/mol. The van der Waals surface area contributed by atoms with Crippen LogP contribution < -0.4 is 10.9 Å². The maximum Gasteiger partial charge on any atom is 0.341 e. The van der Waals surface area contributed by atoms with Crippen LogP contribution in [0.15, 0.2) is 35.1 Å². The van der Waals surface area contributed by atoms with Gasteiger partial charge in [0, 0.05) is 31.1 Å². The van der Waals surface area contributed by atoms with Crippen LogP contribution in [0.4, 0.5) is 5.00 Å². The van der Waals surface area contributed by atoms with Crippen molar-refractivity contribution < 1.29 is 28.7 Å². The van der Waals surface area contributed by atoms with Gasteiger partial charge in [0.25, 0.3) is 11.8 Å². The third-order valence-corrected chi connectivity index (χ3v) is 5.98. The fraction of sp³-hybridized carbons (Fsp3) is 0.261. The largest absolute Gasteiger partial charge is 0.462 e. The molecule has 0 bridgehead atoms. The predicted octanol–water partition coefficient (Wildman–Crippen LogP) is 2.57. The Morgan fingerprint density at radius 1 is 1.09 bits per heavy atom. The van der Waals surface area contributed by atoms with Crippen molar-refractivity contribution >= 4 is 51.0 Å². The van der Waals surface area contributed by atoms with Crippen LogP contribution >= 0.6 is 11.3 Å². The van der Waals surface area contributed by atoms with E-state index in [0.29, 0.717) is 16.5 Å². The van der Waals surface area contributed by atoms with Gasteiger partial charge in [-0.05, 0) is 25.5 Å². The number of carbonyl (C=O) groups is 4. The third kappa shape index (κ3) is 5.15. The van der Waals surface area contributed by atoms with Crippen molar-refractivity contribution in [3.63, 3.8) is 0 Å². The van der Waals surface area contributed by atoms with Crippen LogP contribution in [0.3, 0.4) is 0 Å². The number of pyridine rings is 1. The summed E-state index contributed by atoms with van der Waals surface area (Å²) in [5.74, 6) is -2.59. The summed E-state index contributed by atoms with van der Waals surface area (Å²) in [6.07, 6.45) is 0. The number of H-pyrrole nitrogens is 1. The Morgan fingerprint density at radius 3 is 2.47 bits per heavy atom. The van der Waals surface area contributed by atoms with E-state index < -0.39 is 30.0 Å². The summed E-state index contributed by atoms with van der Waals surface area (Å²) < 4.78 is 10.2. The van der Waals surface area contributed by atoms with E-state index in [1.54, 1.807) is 52.2 Å². The Bertz CT molecular complexity index is 1340. The lowest BCUT2D eigenvalue weighted by Gasteiger charge is -2.09. The van der Waals surface area contributed by atoms with Gasteiger partial charge in [0.1, 0.15) is 5.00 Å². The average Bonchev–Trinajstić information content (AvgIpc) is 3.11. The molecule has 2 aromatic heterocycles. The molecule has 0 unspecified atom stereocenters. The molecule has 178 valence electrons. The van der Waals surface area contributed by atoms with Crippen molar-refractivity contribution in [3.05, 3.63) is 62.3 Å². The molecule has 10 nitrogen and oxygen atoms in total. The second-order valence-corrected chi connectivity index (χ2v) is 8.42. The summed E-state index contributed by atoms with van der Waals surface area (Å²) in [4.78, 5) is 66.2. The summed E-state index contributed by atoms with van der Waals surface area (Å²) >= 11 is 0.930. The average molecular weight is 486 g/mol. The van der Waals surface area contributed by atoms with Crippen LogP contribution in [0.2, 0.25) is 0 Å². The molecular formula is C23H23N3O7S. The number of hydrogen-bond acceptors (Lipinski definition) is 8. The number of ether oxygens (including phenoxy) is 2. The van der Waals surface area contributed by atoms with E-state index in [9.17, 15) is 24.0 Å². The second kappa shape index (κ2) is 10.3. The number of anilines is 1. The summed E-state index contributed by atoms with van der Waals surface area (Å²) in [5, 5.41) is 3.11. The predicted molar refractivity (Wildman–Crippen MR) is 127 cm³/mol. The number of hydrogen-bond donors (Lipinski definition) is 2. The normalized spacial score (nSPS) is 10.6. The van der Waals surface area contributed by atoms with Crippen LogP contribution in [-0.4, -0.2) is 60.9 Å². The van der Waals surface area contributed by atoms with Gasteiger partial charge in [-0.15, -0.1) is 11.3 Å². The number of benzene rings is 1. The molecule has 11 heteroatoms. The van der Waals surface area contributed by atoms with Crippen LogP contribution in [0.1, 0.15) is 42.9 Å². The number of fused-ring (bicyclic) bond motifs is 1. The number of nitrogens with zero attached hydrogens (tertiary/aromatic N) is 1. The van der Waals surface area contributed by atoms with E-state index in [2.05, 4.69) is 10.3 Å². The van der Waals surface area contributed by atoms with Gasteiger partial charge in [-0.1, -0.05) is 18.2 Å². The zero-order valence-corrected chi connectivity index (χ0v) is 19.8. The number of rotatable bonds is 7. The molecule has 2 heterocycles. The highest BCUT2D eigenvalue weighted by Gasteiger charge is 2.27. The van der Waals surface area contributed by atoms with Crippen molar-refractivity contribution in [1.82, 2.24) is 9.88 Å². The first-order valence-corrected chi connectivity index (χ1v) is 11.1. The lowest BCUT2D eigenvalue weighted by Crippen LogP contribution is -2.22. The number of thiophene rings is 1. The van der Waals surface area contributed by atoms with Crippen LogP contribution in [0.5, 0.6) is 0 Å². The van der Waals surface area contributed by atoms with Gasteiger partial charge < -0.3 is 24.7 Å². The van der Waals surface area contributed by atoms with Gasteiger partial charge in [0.05, 0.1) is 22.6 Å². The Labute approximate surface area is 198 Å². The van der Waals surface area contributed by atoms with Crippen molar-refractivity contribution in [3.8, 4) is 0 Å². The molecule has 0 atom stereocenters. The van der Waals surface area contributed by atoms with Crippen LogP contribution in [-0.2, 0) is 14.3 Å². The number of amides is 2. The highest BCUT2D eigenvalue weighted by molar-refractivity contribution is 7.18. The summed E-state index contributed by atoms with van der Waals surface area (Å²) in [6.45, 7) is 2.67. The van der Waals surface area contributed by atoms with Crippen molar-refractivity contribution in [2.75, 3.05) is 32.6 Å². The van der Waals surface area contributed by atoms with E-state index in [4.69, 9.17) is 9.47 Å². The molecular weight excluding hydrogens is 462 g/mol. The molecule has 0 saturated carbocycles. The first-order valence-electron chi connectivity index (χ1n) is 10.2. The SMILES string of the molecule is CCOC(=O)c1c(NC(=O)COC(=O)c2cc(=O)[nH]c3ccccc23)sc(C(=O)N(C)C)c1C. The standard InChI is InChI=1S/C23H23N3O7S/c1-5-32-23(31)18-12(2)19(21(29)26(3)4)34-20(18)25-17(28)11-33-22(30)14-10-16(27)24-15-9-7-6-8-13(14)15/h6-10H,5,11H2,1-4H3,(H,24,27)(H,25,28). The van der Waals surface area contributed by atoms with Gasteiger partial charge in [-0.3, -0.25) is 14.4 Å². The molecule has 2 N–H and O–H groups in total. The number of aromatic nitrogens is 1. The molecule has 2 amide bonds. The van der Waals surface area contributed by atoms with Gasteiger partial charge in [-0.25, -0.2) is 9.59 Å². The van der Waals surface area contributed by atoms with Gasteiger partial charge in [0.15, 0.2) is 6.61 Å². The molecule has 0 aliphatic heterocycles. The van der Waals surface area contributed by atoms with Gasteiger partial charge in [-0.2, -0.15) is 0 Å². The topological polar surface area (TPSA) is 135 Å². The number of aromatic amines is 1. The molecule has 0 fully saturated rings. The second-order valence-electron chi connectivity index (χ2n) is 7.40. The Morgan fingerprint density at radius 2 is 1.79 bits per heavy atom. The van der Waals surface area contributed by atoms with E-state index in [1.807, 2.05) is 0 Å². The minimum atomic E-state index is -0.853. The lowest BCUT2D eigenvalue weighted by atomic mass is 10.1. The zero-order valence-electron chi connectivity index (χ0n) is 19.0. The van der Waals surface area contributed by atoms with Gasteiger partial charge in [0.2, 0.25) is 5.56 Å². The number of esters is 2. The molecule has 3 aromatic rings. The number of para-hydroxylation sites is 1. The quantitative estimate of drug-likeness (QED) is 0.491. The molecule has 0 saturated heterocycles. The smallest absolute Gasteiger partial charge is 0.341 e. The van der Waals surface area contributed by atoms with Crippen molar-refractivity contribution in [1.29, 1.82) is 0 Å². The van der Waals surface area contributed by atoms with E-state index in [1.165, 1.54) is 4.90 Å². The summed E-state index contributed by atoms with van der Waals surface area (Å²) in [7, 11) is 3.14. The molecule has 0 radical (unpaired) electrons. The third-order valence-electron chi connectivity index (χ3n) is 4.78. The first kappa shape index (κ1) is 24.6. The molecule has 34 heavy (non-hydrogen) atoms. The zero-order chi connectivity index (χ0) is 25.0. The highest BCUT2D eigenvalue weighted by Crippen LogP contribution is 2.34. The Kier molecular flexibility index (Phi) is 7.47. The van der Waals surface area contributed by atoms with E-state index >= 15 is 0 Å². The number of carbonyl (C=O) groups excluding carboxylic acids is 4. The maximum atomic E-state index is 12.6. The first-order chi connectivity index (χ1) is 16.1. The van der Waals surface area contributed by atoms with Crippen LogP contribution in [0.25, 0.3) is 10.9 Å². The van der Waals surface area contributed by atoms with E-state index in [0.717, 1.165) is 17.4 Å². The Hall–Kier alpha value is -3.99. The fourth-order valence-corrected chi connectivity index (χ4v) is 4.44. The van der Waals surface area contributed by atoms with Crippen molar-refractivity contribution in [2.45, 2.75) is 13.8 Å². The van der Waals surface area contributed by atoms with Crippen molar-refractivity contribution in [2.24, 2.45) is 0 Å². The summed E-state index contributed by atoms with van der Waals surface area (Å²) in [6, 6.07) is 7.80. The Balaban J connectivity index is 1.80. The molecule has 0 aliphatic carbocycles. The number of nitrogens with one attached hydrogen (secondary N) is 2. The highest BCUT2D eigenvalue weighted by atomic mass is 32.1. The fourth-order valence-electron chi connectivity index (χ4n) is 3.20. The molecule has 0 aliphatic rings. The summed E-state index contributed by atoms with van der Waals surface area (Å²) in [5.41, 5.74) is 0.436. The molecule has 3 rings (SSSR count). The minimum absolute atomic E-state index is 0.0187. The molecule has 1 aromatic carbocycles. The molecule has 0 spiro atoms. The van der Waals surface area contributed by atoms with Gasteiger partial charge >= 0.3 is 11.9 Å². The maximum absolute atomic E-state index is 12.6.